The lowest BCUT2D eigenvalue weighted by molar-refractivity contribution is 0.486. The second kappa shape index (κ2) is 4.25. The first-order valence-electron chi connectivity index (χ1n) is 5.19. The maximum absolute atomic E-state index is 13.7. The van der Waals surface area contributed by atoms with Gasteiger partial charge in [-0.1, -0.05) is 12.1 Å². The average molecular weight is 237 g/mol. The van der Waals surface area contributed by atoms with Gasteiger partial charge in [0.25, 0.3) is 0 Å². The van der Waals surface area contributed by atoms with E-state index in [1.54, 1.807) is 24.0 Å². The van der Waals surface area contributed by atoms with Crippen LogP contribution in [0.15, 0.2) is 24.5 Å². The summed E-state index contributed by atoms with van der Waals surface area (Å²) in [5.41, 5.74) is 6.27. The summed E-state index contributed by atoms with van der Waals surface area (Å²) < 4.78 is 28.9. The molecule has 1 atom stereocenters. The minimum atomic E-state index is -0.902. The molecule has 5 heteroatoms. The highest BCUT2D eigenvalue weighted by atomic mass is 19.2. The Labute approximate surface area is 97.9 Å². The van der Waals surface area contributed by atoms with Gasteiger partial charge in [0.2, 0.25) is 0 Å². The van der Waals surface area contributed by atoms with Crippen molar-refractivity contribution in [2.45, 2.75) is 13.0 Å². The van der Waals surface area contributed by atoms with Crippen LogP contribution in [0, 0.1) is 18.6 Å². The molecule has 2 rings (SSSR count). The second-order valence-electron chi connectivity index (χ2n) is 3.97. The van der Waals surface area contributed by atoms with E-state index in [1.165, 1.54) is 19.1 Å². The largest absolute Gasteiger partial charge is 0.336 e. The summed E-state index contributed by atoms with van der Waals surface area (Å²) in [5.74, 6) is -1.26. The molecule has 3 nitrogen and oxygen atoms in total. The van der Waals surface area contributed by atoms with Gasteiger partial charge in [0.1, 0.15) is 5.82 Å². The number of nitrogens with two attached hydrogens (primary N) is 1. The van der Waals surface area contributed by atoms with Gasteiger partial charge >= 0.3 is 0 Å². The van der Waals surface area contributed by atoms with Crippen molar-refractivity contribution in [3.05, 3.63) is 53.1 Å². The number of nitrogens with zero attached hydrogens (tertiary/aromatic N) is 2. The third-order valence-electron chi connectivity index (χ3n) is 2.78. The second-order valence-corrected chi connectivity index (χ2v) is 3.97. The van der Waals surface area contributed by atoms with Crippen LogP contribution in [0.1, 0.15) is 23.0 Å². The smallest absolute Gasteiger partial charge is 0.164 e. The zero-order valence-electron chi connectivity index (χ0n) is 9.61. The van der Waals surface area contributed by atoms with Crippen LogP contribution < -0.4 is 5.73 Å². The van der Waals surface area contributed by atoms with Gasteiger partial charge in [-0.3, -0.25) is 0 Å². The summed E-state index contributed by atoms with van der Waals surface area (Å²) in [7, 11) is 1.75. The first kappa shape index (κ1) is 11.7. The first-order chi connectivity index (χ1) is 8.02. The summed E-state index contributed by atoms with van der Waals surface area (Å²) in [4.78, 5) is 4.03. The number of hydrogen-bond acceptors (Lipinski definition) is 2. The van der Waals surface area contributed by atoms with Crippen LogP contribution in [0.4, 0.5) is 8.78 Å². The minimum Gasteiger partial charge on any atom is -0.336 e. The normalized spacial score (nSPS) is 12.8. The highest BCUT2D eigenvalue weighted by Gasteiger charge is 2.20. The minimum absolute atomic E-state index is 0.113. The van der Waals surface area contributed by atoms with E-state index >= 15 is 0 Å². The monoisotopic (exact) mass is 237 g/mol. The van der Waals surface area contributed by atoms with Crippen LogP contribution in [0.5, 0.6) is 0 Å². The van der Waals surface area contributed by atoms with Crippen molar-refractivity contribution in [3.8, 4) is 0 Å². The summed E-state index contributed by atoms with van der Waals surface area (Å²) in [6, 6.07) is 2.23. The van der Waals surface area contributed by atoms with Crippen LogP contribution in [0.25, 0.3) is 0 Å². The molecule has 2 N–H and O–H groups in total. The molecule has 0 fully saturated rings. The van der Waals surface area contributed by atoms with Crippen molar-refractivity contribution >= 4 is 0 Å². The number of halogens is 2. The van der Waals surface area contributed by atoms with Crippen LogP contribution in [-0.2, 0) is 7.05 Å². The predicted octanol–water partition coefficient (Wildman–Crippen LogP) is 2.05. The molecule has 0 amide bonds. The molecule has 90 valence electrons. The summed E-state index contributed by atoms with van der Waals surface area (Å²) in [5, 5.41) is 0. The molecule has 0 aliphatic heterocycles. The maximum atomic E-state index is 13.7. The molecular weight excluding hydrogens is 224 g/mol. The van der Waals surface area contributed by atoms with E-state index < -0.39 is 17.7 Å². The van der Waals surface area contributed by atoms with E-state index in [1.807, 2.05) is 0 Å². The number of imidazole rings is 1. The van der Waals surface area contributed by atoms with Crippen molar-refractivity contribution in [1.29, 1.82) is 0 Å². The van der Waals surface area contributed by atoms with Gasteiger partial charge in [0.15, 0.2) is 11.6 Å². The molecule has 1 aromatic heterocycles. The Hall–Kier alpha value is -1.75. The van der Waals surface area contributed by atoms with Gasteiger partial charge in [0, 0.05) is 25.0 Å². The molecule has 1 unspecified atom stereocenters. The molecule has 0 aliphatic carbocycles. The summed E-state index contributed by atoms with van der Waals surface area (Å²) >= 11 is 0. The Morgan fingerprint density at radius 2 is 2.00 bits per heavy atom. The fraction of sp³-hybridized carbons (Fsp3) is 0.250. The van der Waals surface area contributed by atoms with Gasteiger partial charge in [-0.05, 0) is 12.5 Å². The molecule has 0 spiro atoms. The molecular formula is C12H13F2N3. The Bertz CT molecular complexity index is 549. The Morgan fingerprint density at radius 3 is 2.59 bits per heavy atom. The zero-order valence-corrected chi connectivity index (χ0v) is 9.61. The maximum Gasteiger partial charge on any atom is 0.164 e. The third-order valence-corrected chi connectivity index (χ3v) is 2.78. The van der Waals surface area contributed by atoms with Crippen LogP contribution in [-0.4, -0.2) is 9.55 Å². The van der Waals surface area contributed by atoms with Gasteiger partial charge in [0.05, 0.1) is 6.04 Å². The van der Waals surface area contributed by atoms with E-state index in [9.17, 15) is 8.78 Å². The highest BCUT2D eigenvalue weighted by Crippen LogP contribution is 2.23. The lowest BCUT2D eigenvalue weighted by atomic mass is 10.0. The van der Waals surface area contributed by atoms with Crippen LogP contribution in [0.2, 0.25) is 0 Å². The van der Waals surface area contributed by atoms with Crippen molar-refractivity contribution in [2.24, 2.45) is 12.8 Å². The van der Waals surface area contributed by atoms with Crippen molar-refractivity contribution in [2.75, 3.05) is 0 Å². The number of aryl methyl sites for hydroxylation is 2. The number of rotatable bonds is 2. The number of hydrogen-bond donors (Lipinski definition) is 1. The first-order valence-corrected chi connectivity index (χ1v) is 5.19. The van der Waals surface area contributed by atoms with Crippen LogP contribution >= 0.6 is 0 Å². The van der Waals surface area contributed by atoms with Crippen molar-refractivity contribution in [1.82, 2.24) is 9.55 Å². The van der Waals surface area contributed by atoms with Crippen molar-refractivity contribution < 1.29 is 8.78 Å². The topological polar surface area (TPSA) is 43.8 Å². The molecule has 0 bridgehead atoms. The molecule has 0 radical (unpaired) electrons. The Balaban J connectivity index is 2.48. The third kappa shape index (κ3) is 1.93. The molecule has 1 aromatic carbocycles. The SMILES string of the molecule is Cc1ccc(C(N)c2nccn2C)c(F)c1F. The quantitative estimate of drug-likeness (QED) is 0.868. The van der Waals surface area contributed by atoms with E-state index in [0.717, 1.165) is 0 Å². The molecule has 0 aliphatic rings. The summed E-state index contributed by atoms with van der Waals surface area (Å²) in [6.07, 6.45) is 3.27. The Kier molecular flexibility index (Phi) is 2.93. The summed E-state index contributed by atoms with van der Waals surface area (Å²) in [6.45, 7) is 1.51. The fourth-order valence-electron chi connectivity index (χ4n) is 1.72. The number of benzene rings is 1. The van der Waals surface area contributed by atoms with Gasteiger partial charge in [-0.2, -0.15) is 0 Å². The van der Waals surface area contributed by atoms with Gasteiger partial charge in [-0.25, -0.2) is 13.8 Å². The van der Waals surface area contributed by atoms with Gasteiger partial charge in [-0.15, -0.1) is 0 Å². The highest BCUT2D eigenvalue weighted by molar-refractivity contribution is 5.31. The molecule has 0 saturated heterocycles. The van der Waals surface area contributed by atoms with E-state index in [4.69, 9.17) is 5.73 Å². The van der Waals surface area contributed by atoms with E-state index in [-0.39, 0.29) is 11.1 Å². The standard InChI is InChI=1S/C12H13F2N3/c1-7-3-4-8(10(14)9(7)13)11(15)12-16-5-6-17(12)2/h3-6,11H,15H2,1-2H3. The molecule has 1 heterocycles. The average Bonchev–Trinajstić information content (AvgIpc) is 2.72. The lowest BCUT2D eigenvalue weighted by Crippen LogP contribution is -2.18. The molecule has 0 saturated carbocycles. The predicted molar refractivity (Wildman–Crippen MR) is 60.3 cm³/mol. The fourth-order valence-corrected chi connectivity index (χ4v) is 1.72. The van der Waals surface area contributed by atoms with Crippen molar-refractivity contribution in [3.63, 3.8) is 0 Å². The zero-order chi connectivity index (χ0) is 12.6. The Morgan fingerprint density at radius 1 is 1.29 bits per heavy atom. The van der Waals surface area contributed by atoms with E-state index in [0.29, 0.717) is 5.82 Å². The molecule has 17 heavy (non-hydrogen) atoms. The number of aromatic nitrogens is 2. The van der Waals surface area contributed by atoms with Crippen LogP contribution in [0.3, 0.4) is 0 Å². The lowest BCUT2D eigenvalue weighted by Gasteiger charge is -2.14. The van der Waals surface area contributed by atoms with Gasteiger partial charge < -0.3 is 10.3 Å². The molecule has 2 aromatic rings. The van der Waals surface area contributed by atoms with E-state index in [2.05, 4.69) is 4.98 Å².